The second-order valence-corrected chi connectivity index (χ2v) is 7.84. The number of carbonyl (C=O) groups is 1. The predicted octanol–water partition coefficient (Wildman–Crippen LogP) is 5.86. The van der Waals surface area contributed by atoms with Gasteiger partial charge in [-0.15, -0.1) is 0 Å². The highest BCUT2D eigenvalue weighted by molar-refractivity contribution is 6.30. The topological polar surface area (TPSA) is 67.2 Å². The molecule has 0 aliphatic carbocycles. The molecule has 32 heavy (non-hydrogen) atoms. The minimum atomic E-state index is -2.52. The zero-order valence-electron chi connectivity index (χ0n) is 16.9. The summed E-state index contributed by atoms with van der Waals surface area (Å²) in [6, 6.07) is 20.0. The zero-order valence-corrected chi connectivity index (χ0v) is 17.7. The molecule has 164 valence electrons. The third kappa shape index (κ3) is 5.06. The molecule has 0 saturated carbocycles. The molecular formula is C24H20ClF2N3O2. The molecule has 0 bridgehead atoms. The van der Waals surface area contributed by atoms with E-state index in [0.29, 0.717) is 22.8 Å². The summed E-state index contributed by atoms with van der Waals surface area (Å²) in [4.78, 5) is 10.8. The highest BCUT2D eigenvalue weighted by atomic mass is 35.5. The van der Waals surface area contributed by atoms with Crippen molar-refractivity contribution >= 4 is 34.2 Å². The van der Waals surface area contributed by atoms with Gasteiger partial charge in [0.15, 0.2) is 0 Å². The summed E-state index contributed by atoms with van der Waals surface area (Å²) in [6.45, 7) is 0.0308. The van der Waals surface area contributed by atoms with Gasteiger partial charge in [-0.05, 0) is 41.5 Å². The molecule has 0 aliphatic rings. The molecule has 4 aromatic rings. The average molecular weight is 456 g/mol. The Bertz CT molecular complexity index is 1260. The number of halogens is 3. The highest BCUT2D eigenvalue weighted by Crippen LogP contribution is 2.32. The monoisotopic (exact) mass is 455 g/mol. The van der Waals surface area contributed by atoms with Crippen LogP contribution < -0.4 is 5.32 Å². The molecule has 0 spiro atoms. The number of carboxylic acids is 1. The number of alkyl halides is 2. The number of fused-ring (bicyclic) bond motifs is 1. The number of aromatic nitrogens is 2. The van der Waals surface area contributed by atoms with Crippen LogP contribution in [0.4, 0.5) is 14.5 Å². The van der Waals surface area contributed by atoms with Crippen molar-refractivity contribution in [2.24, 2.45) is 0 Å². The molecule has 0 unspecified atom stereocenters. The fourth-order valence-corrected chi connectivity index (χ4v) is 3.75. The second kappa shape index (κ2) is 9.36. The molecule has 0 atom stereocenters. The maximum absolute atomic E-state index is 13.1. The molecule has 0 fully saturated rings. The fraction of sp³-hybridized carbons (Fsp3) is 0.167. The first-order valence-corrected chi connectivity index (χ1v) is 10.3. The van der Waals surface area contributed by atoms with Gasteiger partial charge in [-0.3, -0.25) is 9.48 Å². The Labute approximate surface area is 188 Å². The molecule has 0 aliphatic heterocycles. The van der Waals surface area contributed by atoms with Gasteiger partial charge in [-0.2, -0.15) is 5.10 Å². The summed E-state index contributed by atoms with van der Waals surface area (Å²) in [6.07, 6.45) is -2.54. The van der Waals surface area contributed by atoms with E-state index in [1.54, 1.807) is 36.4 Å². The van der Waals surface area contributed by atoms with Crippen LogP contribution in [0.5, 0.6) is 0 Å². The van der Waals surface area contributed by atoms with Gasteiger partial charge < -0.3 is 10.4 Å². The number of aliphatic carboxylic acids is 1. The summed E-state index contributed by atoms with van der Waals surface area (Å²) >= 11 is 6.13. The molecule has 0 radical (unpaired) electrons. The third-order valence-corrected chi connectivity index (χ3v) is 5.27. The Kier molecular flexibility index (Phi) is 6.37. The molecule has 2 N–H and O–H groups in total. The van der Waals surface area contributed by atoms with E-state index in [2.05, 4.69) is 10.4 Å². The van der Waals surface area contributed by atoms with Gasteiger partial charge >= 0.3 is 5.97 Å². The smallest absolute Gasteiger partial charge is 0.307 e. The number of rotatable bonds is 8. The van der Waals surface area contributed by atoms with E-state index in [9.17, 15) is 13.6 Å². The van der Waals surface area contributed by atoms with Gasteiger partial charge in [-0.25, -0.2) is 8.78 Å². The fourth-order valence-electron chi connectivity index (χ4n) is 3.56. The largest absolute Gasteiger partial charge is 0.481 e. The molecule has 4 rings (SSSR count). The van der Waals surface area contributed by atoms with Crippen molar-refractivity contribution in [2.45, 2.75) is 25.9 Å². The third-order valence-electron chi connectivity index (χ3n) is 5.03. The summed E-state index contributed by atoms with van der Waals surface area (Å²) in [5, 5.41) is 17.9. The molecule has 5 nitrogen and oxygen atoms in total. The number of nitrogens with zero attached hydrogens (tertiary/aromatic N) is 2. The SMILES string of the molecule is O=C(O)Cc1ccc(CNc2ccc3c(c2)c(-c2cccc(Cl)c2)nn3CC(F)F)cc1. The van der Waals surface area contributed by atoms with Gasteiger partial charge in [0.25, 0.3) is 6.43 Å². The van der Waals surface area contributed by atoms with Crippen molar-refractivity contribution in [1.29, 1.82) is 0 Å². The van der Waals surface area contributed by atoms with E-state index >= 15 is 0 Å². The van der Waals surface area contributed by atoms with Crippen LogP contribution in [0.25, 0.3) is 22.2 Å². The number of benzene rings is 3. The van der Waals surface area contributed by atoms with Gasteiger partial charge in [0.05, 0.1) is 11.9 Å². The molecule has 0 saturated heterocycles. The van der Waals surface area contributed by atoms with Crippen LogP contribution >= 0.6 is 11.6 Å². The molecule has 3 aromatic carbocycles. The van der Waals surface area contributed by atoms with Crippen molar-refractivity contribution in [3.05, 3.63) is 82.9 Å². The zero-order chi connectivity index (χ0) is 22.7. The Morgan fingerprint density at radius 2 is 1.81 bits per heavy atom. The number of carboxylic acid groups (broad SMARTS) is 1. The van der Waals surface area contributed by atoms with Crippen molar-refractivity contribution in [2.75, 3.05) is 5.32 Å². The summed E-state index contributed by atoms with van der Waals surface area (Å²) in [5.74, 6) is -0.868. The van der Waals surface area contributed by atoms with E-state index in [1.807, 2.05) is 30.3 Å². The summed E-state index contributed by atoms with van der Waals surface area (Å²) in [5.41, 5.74) is 4.49. The van der Waals surface area contributed by atoms with Crippen LogP contribution in [-0.4, -0.2) is 27.3 Å². The lowest BCUT2D eigenvalue weighted by molar-refractivity contribution is -0.136. The second-order valence-electron chi connectivity index (χ2n) is 7.40. The number of hydrogen-bond donors (Lipinski definition) is 2. The van der Waals surface area contributed by atoms with Gasteiger partial charge in [0, 0.05) is 28.2 Å². The summed E-state index contributed by atoms with van der Waals surface area (Å²) in [7, 11) is 0. The molecule has 0 amide bonds. The molecule has 8 heteroatoms. The maximum atomic E-state index is 13.1. The van der Waals surface area contributed by atoms with E-state index in [1.165, 1.54) is 4.68 Å². The first-order valence-electron chi connectivity index (χ1n) is 9.97. The van der Waals surface area contributed by atoms with Crippen LogP contribution in [0.1, 0.15) is 11.1 Å². The van der Waals surface area contributed by atoms with E-state index < -0.39 is 18.9 Å². The van der Waals surface area contributed by atoms with Gasteiger partial charge in [0.2, 0.25) is 0 Å². The lowest BCUT2D eigenvalue weighted by atomic mass is 10.1. The first-order chi connectivity index (χ1) is 15.4. The Morgan fingerprint density at radius 1 is 1.06 bits per heavy atom. The van der Waals surface area contributed by atoms with Crippen LogP contribution in [0.3, 0.4) is 0 Å². The van der Waals surface area contributed by atoms with Crippen LogP contribution in [0.15, 0.2) is 66.7 Å². The number of anilines is 1. The molecule has 1 aromatic heterocycles. The Hall–Kier alpha value is -3.45. The van der Waals surface area contributed by atoms with Crippen molar-refractivity contribution in [3.8, 4) is 11.3 Å². The predicted molar refractivity (Wildman–Crippen MR) is 121 cm³/mol. The van der Waals surface area contributed by atoms with E-state index in [-0.39, 0.29) is 6.42 Å². The lowest BCUT2D eigenvalue weighted by Gasteiger charge is -2.08. The molecular weight excluding hydrogens is 436 g/mol. The number of nitrogens with one attached hydrogen (secondary N) is 1. The van der Waals surface area contributed by atoms with Gasteiger partial charge in [-0.1, -0.05) is 48.0 Å². The minimum absolute atomic E-state index is 0.0146. The van der Waals surface area contributed by atoms with Crippen LogP contribution in [-0.2, 0) is 24.3 Å². The quantitative estimate of drug-likeness (QED) is 0.349. The molecule has 1 heterocycles. The standard InChI is InChI=1S/C24H20ClF2N3O2/c25-18-3-1-2-17(11-18)24-20-12-19(8-9-21(20)30(29-24)14-22(26)27)28-13-16-6-4-15(5-7-16)10-23(31)32/h1-9,11-12,22,28H,10,13-14H2,(H,31,32). The average Bonchev–Trinajstić information content (AvgIpc) is 3.10. The number of hydrogen-bond acceptors (Lipinski definition) is 3. The van der Waals surface area contributed by atoms with Gasteiger partial charge in [0.1, 0.15) is 12.2 Å². The van der Waals surface area contributed by atoms with E-state index in [0.717, 1.165) is 27.8 Å². The normalized spacial score (nSPS) is 11.2. The van der Waals surface area contributed by atoms with Crippen LogP contribution in [0.2, 0.25) is 5.02 Å². The van der Waals surface area contributed by atoms with E-state index in [4.69, 9.17) is 16.7 Å². The van der Waals surface area contributed by atoms with Crippen molar-refractivity contribution in [3.63, 3.8) is 0 Å². The van der Waals surface area contributed by atoms with Crippen molar-refractivity contribution in [1.82, 2.24) is 9.78 Å². The highest BCUT2D eigenvalue weighted by Gasteiger charge is 2.16. The first kappa shape index (κ1) is 21.8. The lowest BCUT2D eigenvalue weighted by Crippen LogP contribution is -2.08. The Balaban J connectivity index is 1.62. The maximum Gasteiger partial charge on any atom is 0.307 e. The van der Waals surface area contributed by atoms with Crippen molar-refractivity contribution < 1.29 is 18.7 Å². The Morgan fingerprint density at radius 3 is 2.50 bits per heavy atom. The minimum Gasteiger partial charge on any atom is -0.481 e. The summed E-state index contributed by atoms with van der Waals surface area (Å²) < 4.78 is 27.5. The van der Waals surface area contributed by atoms with Crippen LogP contribution in [0, 0.1) is 0 Å².